The predicted molar refractivity (Wildman–Crippen MR) is 73.9 cm³/mol. The Morgan fingerprint density at radius 3 is 2.80 bits per heavy atom. The maximum Gasteiger partial charge on any atom is 0.433 e. The average molecular weight is 276 g/mol. The van der Waals surface area contributed by atoms with Gasteiger partial charge in [-0.05, 0) is 37.2 Å². The van der Waals surface area contributed by atoms with Crippen molar-refractivity contribution in [3.8, 4) is 5.75 Å². The molecular weight excluding hydrogens is 260 g/mol. The maximum absolute atomic E-state index is 10.6. The van der Waals surface area contributed by atoms with Crippen LogP contribution in [0.2, 0.25) is 0 Å². The second-order valence-corrected chi connectivity index (χ2v) is 4.33. The van der Waals surface area contributed by atoms with E-state index in [0.717, 1.165) is 11.3 Å². The molecule has 0 spiro atoms. The molecule has 0 saturated heterocycles. The number of hydrogen-bond acceptors (Lipinski definition) is 5. The highest BCUT2D eigenvalue weighted by molar-refractivity contribution is 5.30. The van der Waals surface area contributed by atoms with E-state index in [1.165, 1.54) is 6.07 Å². The van der Waals surface area contributed by atoms with E-state index in [1.54, 1.807) is 20.2 Å². The predicted octanol–water partition coefficient (Wildman–Crippen LogP) is 2.70. The molecule has 0 fully saturated rings. The van der Waals surface area contributed by atoms with Gasteiger partial charge in [-0.3, -0.25) is 10.1 Å². The van der Waals surface area contributed by atoms with E-state index >= 15 is 0 Å². The summed E-state index contributed by atoms with van der Waals surface area (Å²) in [5.74, 6) is 1.08. The first-order valence-corrected chi connectivity index (χ1v) is 6.18. The summed E-state index contributed by atoms with van der Waals surface area (Å²) in [6.07, 6.45) is 0.651. The van der Waals surface area contributed by atoms with Crippen LogP contribution in [0.1, 0.15) is 17.4 Å². The number of nitrogens with zero attached hydrogens (tertiary/aromatic N) is 1. The van der Waals surface area contributed by atoms with E-state index in [4.69, 9.17) is 9.15 Å². The molecule has 6 heteroatoms. The number of benzene rings is 1. The van der Waals surface area contributed by atoms with E-state index in [2.05, 4.69) is 5.32 Å². The summed E-state index contributed by atoms with van der Waals surface area (Å²) >= 11 is 0. The third-order valence-corrected chi connectivity index (χ3v) is 3.06. The maximum atomic E-state index is 10.6. The molecule has 6 nitrogen and oxygen atoms in total. The van der Waals surface area contributed by atoms with Gasteiger partial charge in [-0.15, -0.1) is 0 Å². The molecule has 1 heterocycles. The van der Waals surface area contributed by atoms with Crippen LogP contribution >= 0.6 is 0 Å². The highest BCUT2D eigenvalue weighted by atomic mass is 16.6. The Kier molecular flexibility index (Phi) is 4.37. The normalized spacial score (nSPS) is 12.1. The van der Waals surface area contributed by atoms with Crippen molar-refractivity contribution < 1.29 is 14.1 Å². The number of ether oxygens (including phenoxy) is 1. The highest BCUT2D eigenvalue weighted by Gasteiger charge is 2.19. The number of rotatable bonds is 6. The minimum Gasteiger partial charge on any atom is -0.497 e. The molecule has 0 saturated carbocycles. The standard InChI is InChI=1S/C14H16N2O4/c1-15-12(13-6-7-14(20-13)16(17)18)9-10-4-3-5-11(8-10)19-2/h3-8,12,15H,9H2,1-2H3. The van der Waals surface area contributed by atoms with Gasteiger partial charge in [-0.2, -0.15) is 0 Å². The van der Waals surface area contributed by atoms with Gasteiger partial charge in [-0.1, -0.05) is 12.1 Å². The molecule has 1 atom stereocenters. The molecule has 0 radical (unpaired) electrons. The molecule has 1 aromatic carbocycles. The number of nitrogens with one attached hydrogen (secondary N) is 1. The molecule has 0 aliphatic rings. The Labute approximate surface area is 116 Å². The lowest BCUT2D eigenvalue weighted by Gasteiger charge is -2.13. The zero-order valence-electron chi connectivity index (χ0n) is 11.3. The van der Waals surface area contributed by atoms with Crippen LogP contribution in [0.25, 0.3) is 0 Å². The van der Waals surface area contributed by atoms with Crippen LogP contribution in [-0.2, 0) is 6.42 Å². The van der Waals surface area contributed by atoms with Crippen LogP contribution in [0, 0.1) is 10.1 Å². The fourth-order valence-corrected chi connectivity index (χ4v) is 2.01. The molecule has 2 aromatic rings. The molecule has 1 N–H and O–H groups in total. The van der Waals surface area contributed by atoms with Gasteiger partial charge in [0.2, 0.25) is 0 Å². The molecule has 106 valence electrons. The van der Waals surface area contributed by atoms with Crippen molar-refractivity contribution in [2.24, 2.45) is 0 Å². The van der Waals surface area contributed by atoms with Crippen LogP contribution < -0.4 is 10.1 Å². The van der Waals surface area contributed by atoms with E-state index < -0.39 is 4.92 Å². The topological polar surface area (TPSA) is 77.5 Å². The van der Waals surface area contributed by atoms with Crippen LogP contribution in [-0.4, -0.2) is 19.1 Å². The zero-order valence-corrected chi connectivity index (χ0v) is 11.3. The van der Waals surface area contributed by atoms with Crippen molar-refractivity contribution in [2.75, 3.05) is 14.2 Å². The summed E-state index contributed by atoms with van der Waals surface area (Å²) in [4.78, 5) is 10.1. The van der Waals surface area contributed by atoms with Gasteiger partial charge in [-0.25, -0.2) is 0 Å². The lowest BCUT2D eigenvalue weighted by Crippen LogP contribution is -2.18. The zero-order chi connectivity index (χ0) is 14.5. The van der Waals surface area contributed by atoms with E-state index in [-0.39, 0.29) is 11.9 Å². The molecule has 20 heavy (non-hydrogen) atoms. The summed E-state index contributed by atoms with van der Waals surface area (Å²) < 4.78 is 10.4. The summed E-state index contributed by atoms with van der Waals surface area (Å²) in [5, 5.41) is 13.7. The minimum absolute atomic E-state index is 0.129. The van der Waals surface area contributed by atoms with Crippen molar-refractivity contribution >= 4 is 5.88 Å². The Morgan fingerprint density at radius 1 is 1.40 bits per heavy atom. The van der Waals surface area contributed by atoms with Crippen molar-refractivity contribution in [3.63, 3.8) is 0 Å². The quantitative estimate of drug-likeness (QED) is 0.648. The van der Waals surface area contributed by atoms with Crippen molar-refractivity contribution in [2.45, 2.75) is 12.5 Å². The van der Waals surface area contributed by atoms with E-state index in [0.29, 0.717) is 12.2 Å². The first-order valence-electron chi connectivity index (χ1n) is 6.18. The molecule has 1 unspecified atom stereocenters. The fraction of sp³-hybridized carbons (Fsp3) is 0.286. The van der Waals surface area contributed by atoms with Gasteiger partial charge < -0.3 is 14.5 Å². The largest absolute Gasteiger partial charge is 0.497 e. The van der Waals surface area contributed by atoms with Crippen molar-refractivity contribution in [3.05, 3.63) is 57.8 Å². The lowest BCUT2D eigenvalue weighted by molar-refractivity contribution is -0.402. The Morgan fingerprint density at radius 2 is 2.20 bits per heavy atom. The second kappa shape index (κ2) is 6.21. The fourth-order valence-electron chi connectivity index (χ4n) is 2.01. The minimum atomic E-state index is -0.540. The Bertz CT molecular complexity index is 594. The number of nitro groups is 1. The SMILES string of the molecule is CNC(Cc1cccc(OC)c1)c1ccc([N+](=O)[O-])o1. The first-order chi connectivity index (χ1) is 9.63. The lowest BCUT2D eigenvalue weighted by atomic mass is 10.0. The molecule has 0 amide bonds. The second-order valence-electron chi connectivity index (χ2n) is 4.33. The summed E-state index contributed by atoms with van der Waals surface area (Å²) in [6.45, 7) is 0. The van der Waals surface area contributed by atoms with E-state index in [1.807, 2.05) is 24.3 Å². The monoisotopic (exact) mass is 276 g/mol. The van der Waals surface area contributed by atoms with Crippen LogP contribution in [0.5, 0.6) is 5.75 Å². The molecule has 0 aliphatic heterocycles. The third-order valence-electron chi connectivity index (χ3n) is 3.06. The molecule has 2 rings (SSSR count). The van der Waals surface area contributed by atoms with Gasteiger partial charge in [0, 0.05) is 0 Å². The van der Waals surface area contributed by atoms with Crippen molar-refractivity contribution in [1.29, 1.82) is 0 Å². The van der Waals surface area contributed by atoms with Gasteiger partial charge in [0.15, 0.2) is 0 Å². The van der Waals surface area contributed by atoms with Gasteiger partial charge >= 0.3 is 5.88 Å². The van der Waals surface area contributed by atoms with Crippen LogP contribution in [0.15, 0.2) is 40.8 Å². The van der Waals surface area contributed by atoms with Gasteiger partial charge in [0.1, 0.15) is 16.4 Å². The Balaban J connectivity index is 2.17. The van der Waals surface area contributed by atoms with Crippen LogP contribution in [0.4, 0.5) is 5.88 Å². The number of furan rings is 1. The average Bonchev–Trinajstić information content (AvgIpc) is 2.95. The molecular formula is C14H16N2O4. The summed E-state index contributed by atoms with van der Waals surface area (Å²) in [6, 6.07) is 10.5. The summed E-state index contributed by atoms with van der Waals surface area (Å²) in [5.41, 5.74) is 1.06. The number of likely N-dealkylation sites (N-methyl/N-ethyl adjacent to an activating group) is 1. The summed E-state index contributed by atoms with van der Waals surface area (Å²) in [7, 11) is 3.41. The first kappa shape index (κ1) is 14.1. The highest BCUT2D eigenvalue weighted by Crippen LogP contribution is 2.25. The number of hydrogen-bond donors (Lipinski definition) is 1. The third kappa shape index (κ3) is 3.16. The van der Waals surface area contributed by atoms with E-state index in [9.17, 15) is 10.1 Å². The molecule has 0 aliphatic carbocycles. The molecule has 1 aromatic heterocycles. The van der Waals surface area contributed by atoms with Gasteiger partial charge in [0.25, 0.3) is 0 Å². The number of methoxy groups -OCH3 is 1. The van der Waals surface area contributed by atoms with Crippen molar-refractivity contribution in [1.82, 2.24) is 5.32 Å². The van der Waals surface area contributed by atoms with Gasteiger partial charge in [0.05, 0.1) is 19.2 Å². The smallest absolute Gasteiger partial charge is 0.433 e. The Hall–Kier alpha value is -2.34. The van der Waals surface area contributed by atoms with Crippen LogP contribution in [0.3, 0.4) is 0 Å². The molecule has 0 bridgehead atoms.